The average molecular weight is 300 g/mol. The summed E-state index contributed by atoms with van der Waals surface area (Å²) in [6.07, 6.45) is 0. The number of rotatable bonds is 4. The lowest BCUT2D eigenvalue weighted by Crippen LogP contribution is -2.02. The lowest BCUT2D eigenvalue weighted by atomic mass is 10.2. The molecule has 0 unspecified atom stereocenters. The highest BCUT2D eigenvalue weighted by Gasteiger charge is 2.10. The Morgan fingerprint density at radius 3 is 2.35 bits per heavy atom. The Kier molecular flexibility index (Phi) is 4.97. The molecule has 2 rings (SSSR count). The molecular weight excluding hydrogens is 288 g/mol. The number of nitrogens with zero attached hydrogens (tertiary/aromatic N) is 3. The topological polar surface area (TPSA) is 92.6 Å². The SMILES string of the molecule is Cc1cccc(Oc2ccccc2NC(C#N)=C(C#N)C#N)c1. The molecule has 0 bridgehead atoms. The van der Waals surface area contributed by atoms with Crippen molar-refractivity contribution < 1.29 is 4.74 Å². The van der Waals surface area contributed by atoms with Gasteiger partial charge in [-0.05, 0) is 36.8 Å². The second-order valence-corrected chi connectivity index (χ2v) is 4.63. The number of anilines is 1. The highest BCUT2D eigenvalue weighted by Crippen LogP contribution is 2.30. The van der Waals surface area contributed by atoms with Crippen LogP contribution >= 0.6 is 0 Å². The van der Waals surface area contributed by atoms with Crippen molar-refractivity contribution in [2.75, 3.05) is 5.32 Å². The van der Waals surface area contributed by atoms with Crippen LogP contribution < -0.4 is 10.1 Å². The summed E-state index contributed by atoms with van der Waals surface area (Å²) in [5.74, 6) is 1.14. The molecule has 0 aliphatic rings. The van der Waals surface area contributed by atoms with Gasteiger partial charge in [-0.25, -0.2) is 0 Å². The number of ether oxygens (including phenoxy) is 1. The summed E-state index contributed by atoms with van der Waals surface area (Å²) >= 11 is 0. The van der Waals surface area contributed by atoms with Crippen molar-refractivity contribution in [3.05, 3.63) is 65.4 Å². The number of hydrogen-bond donors (Lipinski definition) is 1. The van der Waals surface area contributed by atoms with Crippen LogP contribution in [0.2, 0.25) is 0 Å². The highest BCUT2D eigenvalue weighted by molar-refractivity contribution is 5.65. The first-order chi connectivity index (χ1) is 11.2. The van der Waals surface area contributed by atoms with E-state index in [0.717, 1.165) is 5.56 Å². The van der Waals surface area contributed by atoms with E-state index in [-0.39, 0.29) is 11.3 Å². The van der Waals surface area contributed by atoms with Gasteiger partial charge < -0.3 is 10.1 Å². The maximum atomic E-state index is 9.12. The van der Waals surface area contributed by atoms with E-state index in [1.165, 1.54) is 0 Å². The van der Waals surface area contributed by atoms with E-state index in [9.17, 15) is 0 Å². The van der Waals surface area contributed by atoms with Crippen LogP contribution in [0.25, 0.3) is 0 Å². The molecule has 0 atom stereocenters. The first-order valence-corrected chi connectivity index (χ1v) is 6.73. The molecule has 5 heteroatoms. The van der Waals surface area contributed by atoms with E-state index >= 15 is 0 Å². The quantitative estimate of drug-likeness (QED) is 0.861. The van der Waals surface area contributed by atoms with Crippen LogP contribution in [0.4, 0.5) is 5.69 Å². The molecule has 23 heavy (non-hydrogen) atoms. The molecule has 0 saturated carbocycles. The molecule has 0 amide bonds. The number of nitriles is 3. The zero-order valence-electron chi connectivity index (χ0n) is 12.4. The van der Waals surface area contributed by atoms with Crippen LogP contribution in [0.15, 0.2) is 59.8 Å². The first kappa shape index (κ1) is 15.6. The fourth-order valence-corrected chi connectivity index (χ4v) is 1.88. The van der Waals surface area contributed by atoms with Crippen LogP contribution in [0.1, 0.15) is 5.56 Å². The van der Waals surface area contributed by atoms with Gasteiger partial charge in [0.2, 0.25) is 0 Å². The molecule has 0 fully saturated rings. The monoisotopic (exact) mass is 300 g/mol. The minimum Gasteiger partial charge on any atom is -0.455 e. The second-order valence-electron chi connectivity index (χ2n) is 4.63. The Hall–Kier alpha value is -3.75. The summed E-state index contributed by atoms with van der Waals surface area (Å²) in [6, 6.07) is 19.7. The summed E-state index contributed by atoms with van der Waals surface area (Å²) in [4.78, 5) is 0. The van der Waals surface area contributed by atoms with Gasteiger partial charge in [0.15, 0.2) is 11.3 Å². The predicted molar refractivity (Wildman–Crippen MR) is 85.2 cm³/mol. The van der Waals surface area contributed by atoms with Crippen molar-refractivity contribution in [1.82, 2.24) is 0 Å². The first-order valence-electron chi connectivity index (χ1n) is 6.73. The highest BCUT2D eigenvalue weighted by atomic mass is 16.5. The van der Waals surface area contributed by atoms with E-state index < -0.39 is 0 Å². The Morgan fingerprint density at radius 1 is 0.957 bits per heavy atom. The molecule has 2 aromatic carbocycles. The largest absolute Gasteiger partial charge is 0.455 e. The number of aryl methyl sites for hydroxylation is 1. The average Bonchev–Trinajstić information content (AvgIpc) is 2.56. The fourth-order valence-electron chi connectivity index (χ4n) is 1.88. The van der Waals surface area contributed by atoms with Gasteiger partial charge in [0, 0.05) is 0 Å². The summed E-state index contributed by atoms with van der Waals surface area (Å²) in [5, 5.41) is 29.7. The normalized spacial score (nSPS) is 8.96. The van der Waals surface area contributed by atoms with Gasteiger partial charge in [-0.2, -0.15) is 15.8 Å². The molecule has 0 aliphatic carbocycles. The van der Waals surface area contributed by atoms with Gasteiger partial charge in [-0.15, -0.1) is 0 Å². The van der Waals surface area contributed by atoms with Crippen molar-refractivity contribution in [3.63, 3.8) is 0 Å². The van der Waals surface area contributed by atoms with Crippen LogP contribution in [0.3, 0.4) is 0 Å². The van der Waals surface area contributed by atoms with E-state index in [1.807, 2.05) is 37.3 Å². The molecule has 0 radical (unpaired) electrons. The molecule has 0 saturated heterocycles. The van der Waals surface area contributed by atoms with Crippen molar-refractivity contribution in [3.8, 4) is 29.7 Å². The number of nitrogens with one attached hydrogen (secondary N) is 1. The smallest absolute Gasteiger partial charge is 0.163 e. The maximum Gasteiger partial charge on any atom is 0.163 e. The summed E-state index contributed by atoms with van der Waals surface area (Å²) in [7, 11) is 0. The van der Waals surface area contributed by atoms with Gasteiger partial charge in [0.05, 0.1) is 5.69 Å². The number of allylic oxidation sites excluding steroid dienone is 2. The third kappa shape index (κ3) is 3.88. The third-order valence-corrected chi connectivity index (χ3v) is 2.95. The van der Waals surface area contributed by atoms with Crippen LogP contribution in [-0.2, 0) is 0 Å². The third-order valence-electron chi connectivity index (χ3n) is 2.95. The molecular formula is C18H12N4O. The summed E-state index contributed by atoms with van der Waals surface area (Å²) in [6.45, 7) is 1.96. The zero-order valence-corrected chi connectivity index (χ0v) is 12.4. The van der Waals surface area contributed by atoms with Gasteiger partial charge in [0.25, 0.3) is 0 Å². The molecule has 0 aromatic heterocycles. The lowest BCUT2D eigenvalue weighted by molar-refractivity contribution is 0.484. The van der Waals surface area contributed by atoms with Gasteiger partial charge in [0.1, 0.15) is 29.7 Å². The molecule has 110 valence electrons. The van der Waals surface area contributed by atoms with Crippen LogP contribution in [0.5, 0.6) is 11.5 Å². The lowest BCUT2D eigenvalue weighted by Gasteiger charge is -2.12. The van der Waals surface area contributed by atoms with Crippen molar-refractivity contribution in [2.45, 2.75) is 6.92 Å². The van der Waals surface area contributed by atoms with Gasteiger partial charge in [-0.1, -0.05) is 24.3 Å². The minimum atomic E-state index is -0.280. The van der Waals surface area contributed by atoms with E-state index in [2.05, 4.69) is 5.32 Å². The standard InChI is InChI=1S/C18H12N4O/c1-13-5-4-6-15(9-13)23-18-8-3-2-7-16(18)22-17(12-21)14(10-19)11-20/h2-9,22H,1H3. The van der Waals surface area contributed by atoms with Crippen LogP contribution in [-0.4, -0.2) is 0 Å². The number of para-hydroxylation sites is 2. The second kappa shape index (κ2) is 7.31. The van der Waals surface area contributed by atoms with Crippen molar-refractivity contribution in [1.29, 1.82) is 15.8 Å². The van der Waals surface area contributed by atoms with E-state index in [4.69, 9.17) is 20.5 Å². The Labute approximate surface area is 134 Å². The van der Waals surface area contributed by atoms with Gasteiger partial charge in [-0.3, -0.25) is 0 Å². The molecule has 0 spiro atoms. The molecule has 5 nitrogen and oxygen atoms in total. The summed E-state index contributed by atoms with van der Waals surface area (Å²) in [5.41, 5.74) is 1.16. The maximum absolute atomic E-state index is 9.12. The molecule has 0 aliphatic heterocycles. The number of hydrogen-bond acceptors (Lipinski definition) is 5. The Morgan fingerprint density at radius 2 is 1.70 bits per heavy atom. The summed E-state index contributed by atoms with van der Waals surface area (Å²) < 4.78 is 5.82. The van der Waals surface area contributed by atoms with Crippen molar-refractivity contribution >= 4 is 5.69 Å². The zero-order chi connectivity index (χ0) is 16.7. The molecule has 1 N–H and O–H groups in total. The predicted octanol–water partition coefficient (Wildman–Crippen LogP) is 4.02. The fraction of sp³-hybridized carbons (Fsp3) is 0.0556. The van der Waals surface area contributed by atoms with E-state index in [0.29, 0.717) is 17.2 Å². The van der Waals surface area contributed by atoms with Gasteiger partial charge >= 0.3 is 0 Å². The molecule has 2 aromatic rings. The Balaban J connectivity index is 2.36. The minimum absolute atomic E-state index is 0.115. The number of benzene rings is 2. The van der Waals surface area contributed by atoms with E-state index in [1.54, 1.807) is 36.4 Å². The van der Waals surface area contributed by atoms with Crippen molar-refractivity contribution in [2.24, 2.45) is 0 Å². The molecule has 0 heterocycles. The van der Waals surface area contributed by atoms with Crippen LogP contribution in [0, 0.1) is 40.9 Å². The Bertz CT molecular complexity index is 863.